The first-order valence-corrected chi connectivity index (χ1v) is 5.76. The molecule has 0 aromatic carbocycles. The van der Waals surface area contributed by atoms with Gasteiger partial charge < -0.3 is 15.9 Å². The van der Waals surface area contributed by atoms with Gasteiger partial charge in [0.1, 0.15) is 5.25 Å². The minimum atomic E-state index is -3.96. The van der Waals surface area contributed by atoms with E-state index in [1.807, 2.05) is 0 Å². The van der Waals surface area contributed by atoms with Crippen LogP contribution in [0.3, 0.4) is 0 Å². The van der Waals surface area contributed by atoms with Crippen molar-refractivity contribution in [2.75, 3.05) is 6.54 Å². The van der Waals surface area contributed by atoms with Crippen LogP contribution in [0, 0.1) is 0 Å². The standard InChI is InChI=1S/C7H17NO5S.Na.H/c1-5(9)7(3-4-8)14(11,12)13-6(2)10;;/h5-7,9-10H,3-4,8H2,1-2H3;;. The summed E-state index contributed by atoms with van der Waals surface area (Å²) in [6, 6.07) is 0. The van der Waals surface area contributed by atoms with Crippen molar-refractivity contribution in [3.8, 4) is 0 Å². The maximum absolute atomic E-state index is 11.4. The van der Waals surface area contributed by atoms with Gasteiger partial charge in [-0.25, -0.2) is 4.18 Å². The molecule has 88 valence electrons. The topological polar surface area (TPSA) is 110 Å². The Labute approximate surface area is 112 Å². The first-order valence-electron chi connectivity index (χ1n) is 4.29. The fourth-order valence-electron chi connectivity index (χ4n) is 1.06. The zero-order chi connectivity index (χ0) is 11.4. The molecular weight excluding hydrogens is 233 g/mol. The molecule has 0 bridgehead atoms. The van der Waals surface area contributed by atoms with Crippen molar-refractivity contribution in [1.82, 2.24) is 0 Å². The normalized spacial score (nSPS) is 17.7. The second-order valence-electron chi connectivity index (χ2n) is 3.04. The third kappa shape index (κ3) is 6.85. The Morgan fingerprint density at radius 3 is 2.07 bits per heavy atom. The van der Waals surface area contributed by atoms with Crippen LogP contribution in [-0.2, 0) is 14.3 Å². The molecule has 0 amide bonds. The average molecular weight is 251 g/mol. The molecular formula is C7H18NNaO5S. The zero-order valence-electron chi connectivity index (χ0n) is 8.25. The summed E-state index contributed by atoms with van der Waals surface area (Å²) in [4.78, 5) is 0. The van der Waals surface area contributed by atoms with Crippen molar-refractivity contribution < 1.29 is 22.8 Å². The molecule has 0 aliphatic heterocycles. The Bertz CT molecular complexity index is 254. The van der Waals surface area contributed by atoms with Crippen LogP contribution in [-0.4, -0.2) is 72.4 Å². The van der Waals surface area contributed by atoms with Crippen LogP contribution in [0.2, 0.25) is 0 Å². The molecule has 3 unspecified atom stereocenters. The fraction of sp³-hybridized carbons (Fsp3) is 1.00. The summed E-state index contributed by atoms with van der Waals surface area (Å²) in [5.74, 6) is 0. The zero-order valence-corrected chi connectivity index (χ0v) is 9.07. The molecule has 0 spiro atoms. The van der Waals surface area contributed by atoms with E-state index in [0.29, 0.717) is 0 Å². The van der Waals surface area contributed by atoms with Gasteiger partial charge in [-0.2, -0.15) is 8.42 Å². The van der Waals surface area contributed by atoms with E-state index in [9.17, 15) is 13.5 Å². The molecule has 0 fully saturated rings. The van der Waals surface area contributed by atoms with Gasteiger partial charge in [0.05, 0.1) is 6.10 Å². The van der Waals surface area contributed by atoms with Crippen LogP contribution in [0.5, 0.6) is 0 Å². The van der Waals surface area contributed by atoms with Crippen LogP contribution in [0.25, 0.3) is 0 Å². The summed E-state index contributed by atoms with van der Waals surface area (Å²) in [7, 11) is -3.96. The summed E-state index contributed by atoms with van der Waals surface area (Å²) < 4.78 is 27.1. The van der Waals surface area contributed by atoms with Crippen LogP contribution < -0.4 is 5.73 Å². The number of aliphatic hydroxyl groups is 2. The number of rotatable bonds is 6. The molecule has 15 heavy (non-hydrogen) atoms. The molecule has 0 radical (unpaired) electrons. The molecule has 0 aromatic heterocycles. The number of aliphatic hydroxyl groups excluding tert-OH is 2. The van der Waals surface area contributed by atoms with Crippen LogP contribution in [0.1, 0.15) is 20.3 Å². The van der Waals surface area contributed by atoms with E-state index in [4.69, 9.17) is 10.8 Å². The third-order valence-electron chi connectivity index (χ3n) is 1.63. The second-order valence-corrected chi connectivity index (χ2v) is 4.83. The van der Waals surface area contributed by atoms with Gasteiger partial charge in [-0.05, 0) is 26.8 Å². The molecule has 0 saturated carbocycles. The molecule has 0 aliphatic rings. The van der Waals surface area contributed by atoms with Gasteiger partial charge in [-0.1, -0.05) is 0 Å². The predicted octanol–water partition coefficient (Wildman–Crippen LogP) is -1.88. The predicted molar refractivity (Wildman–Crippen MR) is 58.0 cm³/mol. The number of hydrogen-bond donors (Lipinski definition) is 3. The molecule has 0 aliphatic carbocycles. The van der Waals surface area contributed by atoms with Gasteiger partial charge >= 0.3 is 29.6 Å². The van der Waals surface area contributed by atoms with E-state index in [2.05, 4.69) is 4.18 Å². The second kappa shape index (κ2) is 7.97. The molecule has 0 rings (SSSR count). The van der Waals surface area contributed by atoms with Crippen LogP contribution >= 0.6 is 0 Å². The summed E-state index contributed by atoms with van der Waals surface area (Å²) in [5.41, 5.74) is 5.20. The quantitative estimate of drug-likeness (QED) is 0.289. The SMILES string of the molecule is CC(O)OS(=O)(=O)C(CCN)C(C)O.[NaH]. The summed E-state index contributed by atoms with van der Waals surface area (Å²) >= 11 is 0. The van der Waals surface area contributed by atoms with E-state index in [1.165, 1.54) is 13.8 Å². The average Bonchev–Trinajstić information content (AvgIpc) is 1.96. The van der Waals surface area contributed by atoms with Gasteiger partial charge in [0, 0.05) is 0 Å². The van der Waals surface area contributed by atoms with Crippen LogP contribution in [0.15, 0.2) is 0 Å². The van der Waals surface area contributed by atoms with Gasteiger partial charge in [-0.15, -0.1) is 0 Å². The van der Waals surface area contributed by atoms with Gasteiger partial charge in [0.2, 0.25) is 0 Å². The number of hydrogen-bond acceptors (Lipinski definition) is 6. The molecule has 0 aromatic rings. The molecule has 3 atom stereocenters. The Morgan fingerprint density at radius 2 is 1.80 bits per heavy atom. The molecule has 6 nitrogen and oxygen atoms in total. The van der Waals surface area contributed by atoms with E-state index >= 15 is 0 Å². The Balaban J connectivity index is 0. The molecule has 4 N–H and O–H groups in total. The van der Waals surface area contributed by atoms with Crippen LogP contribution in [0.4, 0.5) is 0 Å². The van der Waals surface area contributed by atoms with Crippen molar-refractivity contribution in [3.05, 3.63) is 0 Å². The van der Waals surface area contributed by atoms with E-state index < -0.39 is 27.8 Å². The van der Waals surface area contributed by atoms with Crippen molar-refractivity contribution in [3.63, 3.8) is 0 Å². The van der Waals surface area contributed by atoms with Crippen molar-refractivity contribution in [2.24, 2.45) is 5.73 Å². The van der Waals surface area contributed by atoms with Crippen molar-refractivity contribution in [1.29, 1.82) is 0 Å². The molecule has 0 saturated heterocycles. The maximum atomic E-state index is 11.4. The Kier molecular flexibility index (Phi) is 9.65. The summed E-state index contributed by atoms with van der Waals surface area (Å²) in [6.07, 6.45) is -2.41. The first kappa shape index (κ1) is 18.2. The Morgan fingerprint density at radius 1 is 1.33 bits per heavy atom. The van der Waals surface area contributed by atoms with Gasteiger partial charge in [0.15, 0.2) is 6.29 Å². The summed E-state index contributed by atoms with van der Waals surface area (Å²) in [5, 5.41) is 16.9. The monoisotopic (exact) mass is 251 g/mol. The van der Waals surface area contributed by atoms with E-state index in [1.54, 1.807) is 0 Å². The molecule has 0 heterocycles. The first-order chi connectivity index (χ1) is 6.31. The minimum absolute atomic E-state index is 0. The molecule has 8 heteroatoms. The van der Waals surface area contributed by atoms with Crippen molar-refractivity contribution in [2.45, 2.75) is 37.9 Å². The third-order valence-corrected chi connectivity index (χ3v) is 3.55. The van der Waals surface area contributed by atoms with Gasteiger partial charge in [-0.3, -0.25) is 0 Å². The fourth-order valence-corrected chi connectivity index (χ4v) is 2.49. The van der Waals surface area contributed by atoms with E-state index in [0.717, 1.165) is 0 Å². The van der Waals surface area contributed by atoms with E-state index in [-0.39, 0.29) is 42.5 Å². The van der Waals surface area contributed by atoms with Crippen molar-refractivity contribution >= 4 is 39.7 Å². The van der Waals surface area contributed by atoms with Gasteiger partial charge in [0.25, 0.3) is 10.1 Å². The Hall–Kier alpha value is 0.790. The number of nitrogens with two attached hydrogens (primary N) is 1. The summed E-state index contributed by atoms with van der Waals surface area (Å²) in [6.45, 7) is 2.64.